The third kappa shape index (κ3) is 3.49. The van der Waals surface area contributed by atoms with E-state index in [4.69, 9.17) is 9.26 Å². The van der Waals surface area contributed by atoms with Crippen LogP contribution >= 0.6 is 0 Å². The number of amides is 3. The van der Waals surface area contributed by atoms with Gasteiger partial charge in [-0.2, -0.15) is 0 Å². The van der Waals surface area contributed by atoms with Gasteiger partial charge in [-0.05, 0) is 38.0 Å². The molecule has 0 aliphatic carbocycles. The van der Waals surface area contributed by atoms with E-state index in [1.165, 1.54) is 10.0 Å². The monoisotopic (exact) mass is 358 g/mol. The van der Waals surface area contributed by atoms with Gasteiger partial charge in [0.15, 0.2) is 0 Å². The van der Waals surface area contributed by atoms with Gasteiger partial charge in [0.05, 0.1) is 12.8 Å². The molecule has 0 saturated carbocycles. The standard InChI is InChI=1S/C18H22N4O4/c1-12-16(13(2)26-20-12)17(23)21-9-4-10-22(21)18(24)19-11-14-5-7-15(25-3)8-6-14/h5-8H,4,9-11H2,1-3H3,(H,19,24). The Morgan fingerprint density at radius 2 is 1.88 bits per heavy atom. The summed E-state index contributed by atoms with van der Waals surface area (Å²) in [6, 6.07) is 7.14. The highest BCUT2D eigenvalue weighted by Crippen LogP contribution is 2.20. The number of nitrogens with zero attached hydrogens (tertiary/aromatic N) is 3. The molecule has 1 saturated heterocycles. The van der Waals surface area contributed by atoms with E-state index in [-0.39, 0.29) is 11.9 Å². The molecule has 8 nitrogen and oxygen atoms in total. The quantitative estimate of drug-likeness (QED) is 0.906. The van der Waals surface area contributed by atoms with Gasteiger partial charge in [-0.3, -0.25) is 4.79 Å². The topological polar surface area (TPSA) is 87.9 Å². The van der Waals surface area contributed by atoms with Gasteiger partial charge in [0.25, 0.3) is 5.91 Å². The molecule has 2 aromatic rings. The van der Waals surface area contributed by atoms with Gasteiger partial charge in [0, 0.05) is 19.6 Å². The number of hydrogen-bond donors (Lipinski definition) is 1. The number of nitrogens with one attached hydrogen (secondary N) is 1. The van der Waals surface area contributed by atoms with E-state index in [1.54, 1.807) is 21.0 Å². The third-order valence-electron chi connectivity index (χ3n) is 4.35. The van der Waals surface area contributed by atoms with Crippen molar-refractivity contribution in [3.05, 3.63) is 46.8 Å². The Hall–Kier alpha value is -3.03. The maximum Gasteiger partial charge on any atom is 0.336 e. The maximum atomic E-state index is 12.8. The van der Waals surface area contributed by atoms with E-state index < -0.39 is 0 Å². The Bertz CT molecular complexity index is 781. The highest BCUT2D eigenvalue weighted by molar-refractivity contribution is 5.97. The first-order valence-corrected chi connectivity index (χ1v) is 8.44. The van der Waals surface area contributed by atoms with E-state index in [0.717, 1.165) is 17.7 Å². The minimum atomic E-state index is -0.307. The van der Waals surface area contributed by atoms with Gasteiger partial charge >= 0.3 is 6.03 Å². The van der Waals surface area contributed by atoms with E-state index >= 15 is 0 Å². The fourth-order valence-corrected chi connectivity index (χ4v) is 2.96. The Labute approximate surface area is 151 Å². The molecule has 0 unspecified atom stereocenters. The molecule has 8 heteroatoms. The summed E-state index contributed by atoms with van der Waals surface area (Å²) >= 11 is 0. The van der Waals surface area contributed by atoms with E-state index in [1.807, 2.05) is 24.3 Å². The Kier molecular flexibility index (Phi) is 5.11. The molecule has 1 fully saturated rings. The summed E-state index contributed by atoms with van der Waals surface area (Å²) in [7, 11) is 1.61. The van der Waals surface area contributed by atoms with E-state index in [9.17, 15) is 9.59 Å². The molecule has 138 valence electrons. The molecule has 1 aliphatic rings. The molecule has 0 atom stereocenters. The molecule has 2 heterocycles. The number of aromatic nitrogens is 1. The van der Waals surface area contributed by atoms with Crippen molar-refractivity contribution >= 4 is 11.9 Å². The smallest absolute Gasteiger partial charge is 0.336 e. The molecule has 1 aromatic heterocycles. The van der Waals surface area contributed by atoms with Crippen molar-refractivity contribution in [1.29, 1.82) is 0 Å². The summed E-state index contributed by atoms with van der Waals surface area (Å²) in [6.45, 7) is 4.75. The molecule has 0 bridgehead atoms. The first-order valence-electron chi connectivity index (χ1n) is 8.44. The highest BCUT2D eigenvalue weighted by Gasteiger charge is 2.33. The lowest BCUT2D eigenvalue weighted by molar-refractivity contribution is 0.0373. The fraction of sp³-hybridized carbons (Fsp3) is 0.389. The molecule has 1 aliphatic heterocycles. The number of carbonyl (C=O) groups excluding carboxylic acids is 2. The van der Waals surface area contributed by atoms with Crippen LogP contribution in [0.5, 0.6) is 5.75 Å². The van der Waals surface area contributed by atoms with Crippen molar-refractivity contribution in [2.75, 3.05) is 20.2 Å². The van der Waals surface area contributed by atoms with Crippen LogP contribution in [-0.4, -0.2) is 47.3 Å². The largest absolute Gasteiger partial charge is 0.497 e. The molecule has 26 heavy (non-hydrogen) atoms. The van der Waals surface area contributed by atoms with Crippen LogP contribution in [0.25, 0.3) is 0 Å². The zero-order valence-electron chi connectivity index (χ0n) is 15.1. The molecule has 3 rings (SSSR count). The minimum Gasteiger partial charge on any atom is -0.497 e. The number of ether oxygens (including phenoxy) is 1. The minimum absolute atomic E-state index is 0.265. The van der Waals surface area contributed by atoms with Crippen LogP contribution in [0, 0.1) is 13.8 Å². The van der Waals surface area contributed by atoms with Crippen molar-refractivity contribution in [3.8, 4) is 5.75 Å². The second-order valence-electron chi connectivity index (χ2n) is 6.11. The number of hydrogen-bond acceptors (Lipinski definition) is 5. The zero-order valence-corrected chi connectivity index (χ0v) is 15.1. The number of benzene rings is 1. The van der Waals surface area contributed by atoms with Crippen molar-refractivity contribution in [3.63, 3.8) is 0 Å². The summed E-state index contributed by atoms with van der Waals surface area (Å²) in [5.41, 5.74) is 1.89. The molecule has 1 aromatic carbocycles. The average molecular weight is 358 g/mol. The van der Waals surface area contributed by atoms with Gasteiger partial charge in [0.2, 0.25) is 0 Å². The normalized spacial score (nSPS) is 13.8. The van der Waals surface area contributed by atoms with Gasteiger partial charge in [0.1, 0.15) is 17.1 Å². The van der Waals surface area contributed by atoms with Crippen molar-refractivity contribution in [1.82, 2.24) is 20.5 Å². The van der Waals surface area contributed by atoms with Crippen LogP contribution in [-0.2, 0) is 6.54 Å². The average Bonchev–Trinajstić information content (AvgIpc) is 3.26. The first kappa shape index (κ1) is 17.8. The zero-order chi connectivity index (χ0) is 18.7. The van der Waals surface area contributed by atoms with Crippen LogP contribution in [0.1, 0.15) is 33.8 Å². The van der Waals surface area contributed by atoms with Crippen LogP contribution in [0.2, 0.25) is 0 Å². The second-order valence-corrected chi connectivity index (χ2v) is 6.11. The lowest BCUT2D eigenvalue weighted by Crippen LogP contribution is -2.49. The number of carbonyl (C=O) groups is 2. The van der Waals surface area contributed by atoms with E-state index in [0.29, 0.717) is 36.7 Å². The van der Waals surface area contributed by atoms with Crippen LogP contribution in [0.15, 0.2) is 28.8 Å². The Morgan fingerprint density at radius 1 is 1.19 bits per heavy atom. The molecule has 0 radical (unpaired) electrons. The predicted octanol–water partition coefficient (Wildman–Crippen LogP) is 2.27. The third-order valence-corrected chi connectivity index (χ3v) is 4.35. The maximum absolute atomic E-state index is 12.8. The number of rotatable bonds is 4. The molecular weight excluding hydrogens is 336 g/mol. The Balaban J connectivity index is 1.65. The fourth-order valence-electron chi connectivity index (χ4n) is 2.96. The number of urea groups is 1. The predicted molar refractivity (Wildman–Crippen MR) is 93.6 cm³/mol. The SMILES string of the molecule is COc1ccc(CNC(=O)N2CCCN2C(=O)c2c(C)noc2C)cc1. The summed E-state index contributed by atoms with van der Waals surface area (Å²) in [5.74, 6) is 0.951. The summed E-state index contributed by atoms with van der Waals surface area (Å²) < 4.78 is 10.2. The van der Waals surface area contributed by atoms with Gasteiger partial charge in [-0.25, -0.2) is 14.8 Å². The van der Waals surface area contributed by atoms with Gasteiger partial charge < -0.3 is 14.6 Å². The number of aryl methyl sites for hydroxylation is 2. The van der Waals surface area contributed by atoms with Crippen LogP contribution in [0.3, 0.4) is 0 Å². The van der Waals surface area contributed by atoms with Crippen LogP contribution < -0.4 is 10.1 Å². The summed E-state index contributed by atoms with van der Waals surface area (Å²) in [4.78, 5) is 25.4. The van der Waals surface area contributed by atoms with Gasteiger partial charge in [-0.1, -0.05) is 17.3 Å². The van der Waals surface area contributed by atoms with E-state index in [2.05, 4.69) is 10.5 Å². The second kappa shape index (κ2) is 7.47. The lowest BCUT2D eigenvalue weighted by atomic mass is 10.2. The molecule has 3 amide bonds. The van der Waals surface area contributed by atoms with Crippen molar-refractivity contribution < 1.29 is 18.8 Å². The van der Waals surface area contributed by atoms with Crippen molar-refractivity contribution in [2.45, 2.75) is 26.8 Å². The van der Waals surface area contributed by atoms with Gasteiger partial charge in [-0.15, -0.1) is 0 Å². The number of hydrazine groups is 1. The van der Waals surface area contributed by atoms with Crippen molar-refractivity contribution in [2.24, 2.45) is 0 Å². The Morgan fingerprint density at radius 3 is 2.50 bits per heavy atom. The summed E-state index contributed by atoms with van der Waals surface area (Å²) in [5, 5.41) is 9.56. The highest BCUT2D eigenvalue weighted by atomic mass is 16.5. The number of methoxy groups -OCH3 is 1. The molecule has 1 N–H and O–H groups in total. The molecule has 0 spiro atoms. The lowest BCUT2D eigenvalue weighted by Gasteiger charge is -2.27. The summed E-state index contributed by atoms with van der Waals surface area (Å²) in [6.07, 6.45) is 0.727. The first-order chi connectivity index (χ1) is 12.5. The molecular formula is C18H22N4O4. The van der Waals surface area contributed by atoms with Crippen LogP contribution in [0.4, 0.5) is 4.79 Å².